The van der Waals surface area contributed by atoms with E-state index in [2.05, 4.69) is 34.4 Å². The number of hydrogen-bond donors (Lipinski definition) is 1. The van der Waals surface area contributed by atoms with Crippen LogP contribution in [0.15, 0.2) is 51.9 Å². The number of rotatable bonds is 3. The number of aryl methyl sites for hydroxylation is 2. The van der Waals surface area contributed by atoms with Crippen LogP contribution in [0, 0.1) is 6.92 Å². The normalized spacial score (nSPS) is 14.5. The maximum absolute atomic E-state index is 12.8. The van der Waals surface area contributed by atoms with Crippen LogP contribution in [0.5, 0.6) is 0 Å². The lowest BCUT2D eigenvalue weighted by Gasteiger charge is -2.14. The highest BCUT2D eigenvalue weighted by Gasteiger charge is 2.14. The lowest BCUT2D eigenvalue weighted by Crippen LogP contribution is -2.20. The number of nitrogens with zero attached hydrogens (tertiary/aromatic N) is 3. The van der Waals surface area contributed by atoms with Gasteiger partial charge in [-0.2, -0.15) is 0 Å². The molecule has 0 spiro atoms. The van der Waals surface area contributed by atoms with Gasteiger partial charge in [-0.3, -0.25) is 4.98 Å². The van der Waals surface area contributed by atoms with Crippen LogP contribution in [-0.4, -0.2) is 27.5 Å². The molecule has 1 aromatic carbocycles. The number of aromatic nitrogens is 3. The van der Waals surface area contributed by atoms with E-state index in [1.807, 2.05) is 41.9 Å². The molecule has 29 heavy (non-hydrogen) atoms. The molecule has 0 fully saturated rings. The third-order valence-corrected chi connectivity index (χ3v) is 5.41. The molecule has 4 heterocycles. The molecule has 1 N–H and O–H groups in total. The van der Waals surface area contributed by atoms with E-state index >= 15 is 0 Å². The summed E-state index contributed by atoms with van der Waals surface area (Å²) >= 11 is 0. The van der Waals surface area contributed by atoms with Gasteiger partial charge in [0.05, 0.1) is 16.8 Å². The average Bonchev–Trinajstić information content (AvgIpc) is 3.17. The molecule has 0 bridgehead atoms. The SMILES string of the molecule is CCc1nc(C)cn2cc(-c3cc4ccc(C5=CCNCC5)cc4c(=O)o3)nc12. The van der Waals surface area contributed by atoms with Crippen molar-refractivity contribution >= 4 is 22.0 Å². The van der Waals surface area contributed by atoms with Crippen LogP contribution in [0.2, 0.25) is 0 Å². The zero-order valence-corrected chi connectivity index (χ0v) is 16.5. The number of fused-ring (bicyclic) bond motifs is 2. The van der Waals surface area contributed by atoms with Crippen LogP contribution in [0.4, 0.5) is 0 Å². The summed E-state index contributed by atoms with van der Waals surface area (Å²) in [6.45, 7) is 5.84. The standard InChI is InChI=1S/C23H22N4O2/c1-3-19-22-26-20(13-27(22)12-14(2)25-19)21-11-17-5-4-16(10-18(17)23(28)29-21)15-6-8-24-9-7-15/h4-6,10-13,24H,3,7-9H2,1-2H3. The summed E-state index contributed by atoms with van der Waals surface area (Å²) in [5, 5.41) is 4.77. The third kappa shape index (κ3) is 3.15. The molecular formula is C23H22N4O2. The van der Waals surface area contributed by atoms with E-state index in [4.69, 9.17) is 4.42 Å². The lowest BCUT2D eigenvalue weighted by atomic mass is 9.98. The average molecular weight is 386 g/mol. The van der Waals surface area contributed by atoms with Gasteiger partial charge in [0, 0.05) is 18.9 Å². The Hall–Kier alpha value is -3.25. The Morgan fingerprint density at radius 1 is 1.21 bits per heavy atom. The van der Waals surface area contributed by atoms with Crippen LogP contribution in [-0.2, 0) is 6.42 Å². The summed E-state index contributed by atoms with van der Waals surface area (Å²) in [4.78, 5) is 22.0. The molecule has 1 aliphatic heterocycles. The molecule has 6 nitrogen and oxygen atoms in total. The monoisotopic (exact) mass is 386 g/mol. The van der Waals surface area contributed by atoms with E-state index in [9.17, 15) is 4.79 Å². The minimum atomic E-state index is -0.337. The Labute approximate surface area is 167 Å². The van der Waals surface area contributed by atoms with Gasteiger partial charge in [-0.25, -0.2) is 9.78 Å². The smallest absolute Gasteiger partial charge is 0.344 e. The minimum Gasteiger partial charge on any atom is -0.421 e. The van der Waals surface area contributed by atoms with Gasteiger partial charge in [0.1, 0.15) is 5.69 Å². The first-order valence-electron chi connectivity index (χ1n) is 9.96. The summed E-state index contributed by atoms with van der Waals surface area (Å²) in [6.07, 6.45) is 7.75. The van der Waals surface area contributed by atoms with Crippen molar-refractivity contribution in [2.24, 2.45) is 0 Å². The van der Waals surface area contributed by atoms with Gasteiger partial charge in [0.2, 0.25) is 0 Å². The summed E-state index contributed by atoms with van der Waals surface area (Å²) in [5.74, 6) is 0.472. The van der Waals surface area contributed by atoms with Gasteiger partial charge >= 0.3 is 5.63 Å². The molecule has 0 radical (unpaired) electrons. The topological polar surface area (TPSA) is 72.4 Å². The molecule has 0 saturated heterocycles. The third-order valence-electron chi connectivity index (χ3n) is 5.41. The van der Waals surface area contributed by atoms with Crippen molar-refractivity contribution in [3.05, 3.63) is 70.1 Å². The molecule has 0 atom stereocenters. The van der Waals surface area contributed by atoms with E-state index < -0.39 is 0 Å². The first kappa shape index (κ1) is 17.8. The van der Waals surface area contributed by atoms with E-state index in [0.29, 0.717) is 16.8 Å². The first-order valence-corrected chi connectivity index (χ1v) is 9.96. The predicted molar refractivity (Wildman–Crippen MR) is 114 cm³/mol. The molecule has 1 aliphatic rings. The second kappa shape index (κ2) is 6.97. The number of hydrogen-bond acceptors (Lipinski definition) is 5. The highest BCUT2D eigenvalue weighted by atomic mass is 16.4. The molecular weight excluding hydrogens is 364 g/mol. The molecule has 0 saturated carbocycles. The van der Waals surface area contributed by atoms with E-state index in [1.165, 1.54) is 5.57 Å². The highest BCUT2D eigenvalue weighted by Crippen LogP contribution is 2.26. The predicted octanol–water partition coefficient (Wildman–Crippen LogP) is 3.75. The fourth-order valence-electron chi connectivity index (χ4n) is 3.95. The number of nitrogens with one attached hydrogen (secondary N) is 1. The molecule has 0 aliphatic carbocycles. The zero-order chi connectivity index (χ0) is 20.0. The number of benzene rings is 1. The van der Waals surface area contributed by atoms with Crippen molar-refractivity contribution in [1.29, 1.82) is 0 Å². The van der Waals surface area contributed by atoms with E-state index in [-0.39, 0.29) is 5.63 Å². The van der Waals surface area contributed by atoms with Crippen molar-refractivity contribution in [3.8, 4) is 11.5 Å². The molecule has 146 valence electrons. The molecule has 5 rings (SSSR count). The Kier molecular flexibility index (Phi) is 4.28. The van der Waals surface area contributed by atoms with E-state index in [1.54, 1.807) is 0 Å². The highest BCUT2D eigenvalue weighted by molar-refractivity contribution is 5.87. The van der Waals surface area contributed by atoms with Crippen LogP contribution >= 0.6 is 0 Å². The van der Waals surface area contributed by atoms with Crippen molar-refractivity contribution in [1.82, 2.24) is 19.7 Å². The molecule has 3 aromatic heterocycles. The minimum absolute atomic E-state index is 0.337. The van der Waals surface area contributed by atoms with Gasteiger partial charge in [-0.1, -0.05) is 25.1 Å². The van der Waals surface area contributed by atoms with Crippen LogP contribution < -0.4 is 10.9 Å². The van der Waals surface area contributed by atoms with Crippen LogP contribution in [0.25, 0.3) is 33.4 Å². The lowest BCUT2D eigenvalue weighted by molar-refractivity contribution is 0.533. The fraction of sp³-hybridized carbons (Fsp3) is 0.261. The van der Waals surface area contributed by atoms with Crippen molar-refractivity contribution < 1.29 is 4.42 Å². The number of imidazole rings is 1. The maximum atomic E-state index is 12.8. The van der Waals surface area contributed by atoms with Gasteiger partial charge in [-0.05, 0) is 55.0 Å². The van der Waals surface area contributed by atoms with Crippen molar-refractivity contribution in [3.63, 3.8) is 0 Å². The van der Waals surface area contributed by atoms with Gasteiger partial charge < -0.3 is 14.1 Å². The Morgan fingerprint density at radius 2 is 2.10 bits per heavy atom. The summed E-state index contributed by atoms with van der Waals surface area (Å²) in [6, 6.07) is 7.90. The van der Waals surface area contributed by atoms with E-state index in [0.717, 1.165) is 53.9 Å². The first-order chi connectivity index (χ1) is 14.1. The Balaban J connectivity index is 1.62. The molecule has 0 amide bonds. The second-order valence-electron chi connectivity index (χ2n) is 7.42. The summed E-state index contributed by atoms with van der Waals surface area (Å²) in [7, 11) is 0. The Morgan fingerprint density at radius 3 is 2.90 bits per heavy atom. The summed E-state index contributed by atoms with van der Waals surface area (Å²) < 4.78 is 7.62. The van der Waals surface area contributed by atoms with Gasteiger partial charge in [0.25, 0.3) is 0 Å². The van der Waals surface area contributed by atoms with Crippen LogP contribution in [0.3, 0.4) is 0 Å². The van der Waals surface area contributed by atoms with Crippen LogP contribution in [0.1, 0.15) is 30.3 Å². The molecule has 4 aromatic rings. The molecule has 6 heteroatoms. The maximum Gasteiger partial charge on any atom is 0.344 e. The Bertz CT molecular complexity index is 1330. The zero-order valence-electron chi connectivity index (χ0n) is 16.5. The van der Waals surface area contributed by atoms with Gasteiger partial charge in [0.15, 0.2) is 11.4 Å². The van der Waals surface area contributed by atoms with Crippen molar-refractivity contribution in [2.75, 3.05) is 13.1 Å². The fourth-order valence-corrected chi connectivity index (χ4v) is 3.95. The van der Waals surface area contributed by atoms with Crippen molar-refractivity contribution in [2.45, 2.75) is 26.7 Å². The molecule has 0 unspecified atom stereocenters. The largest absolute Gasteiger partial charge is 0.421 e. The second-order valence-corrected chi connectivity index (χ2v) is 7.42. The summed E-state index contributed by atoms with van der Waals surface area (Å²) in [5.41, 5.74) is 5.30. The quantitative estimate of drug-likeness (QED) is 0.581. The van der Waals surface area contributed by atoms with Gasteiger partial charge in [-0.15, -0.1) is 0 Å².